The lowest BCUT2D eigenvalue weighted by Crippen LogP contribution is -2.38. The van der Waals surface area contributed by atoms with Gasteiger partial charge in [0, 0.05) is 31.2 Å². The van der Waals surface area contributed by atoms with E-state index in [4.69, 9.17) is 10.5 Å². The van der Waals surface area contributed by atoms with Crippen LogP contribution in [0.1, 0.15) is 27.4 Å². The van der Waals surface area contributed by atoms with Crippen molar-refractivity contribution in [3.05, 3.63) is 89.5 Å². The summed E-state index contributed by atoms with van der Waals surface area (Å²) in [7, 11) is 0. The second kappa shape index (κ2) is 9.32. The number of fused-ring (bicyclic) bond motifs is 1. The van der Waals surface area contributed by atoms with Crippen LogP contribution in [0.5, 0.6) is 11.5 Å². The van der Waals surface area contributed by atoms with Crippen LogP contribution < -0.4 is 26.4 Å². The zero-order chi connectivity index (χ0) is 21.6. The first-order valence-electron chi connectivity index (χ1n) is 10.1. The summed E-state index contributed by atoms with van der Waals surface area (Å²) in [6.07, 6.45) is 0. The summed E-state index contributed by atoms with van der Waals surface area (Å²) in [5.41, 5.74) is 8.87. The first kappa shape index (κ1) is 20.4. The van der Waals surface area contributed by atoms with Crippen LogP contribution in [-0.2, 0) is 6.54 Å². The predicted molar refractivity (Wildman–Crippen MR) is 119 cm³/mol. The summed E-state index contributed by atoms with van der Waals surface area (Å²) in [6.45, 7) is 2.23. The fourth-order valence-corrected chi connectivity index (χ4v) is 3.65. The minimum Gasteiger partial charge on any atom is -0.457 e. The molecule has 31 heavy (non-hydrogen) atoms. The molecule has 0 bridgehead atoms. The van der Waals surface area contributed by atoms with Crippen molar-refractivity contribution in [2.75, 3.05) is 18.4 Å². The van der Waals surface area contributed by atoms with Gasteiger partial charge in [0.05, 0.1) is 5.56 Å². The molecular formula is C24H24N4O3. The van der Waals surface area contributed by atoms with Gasteiger partial charge in [0.1, 0.15) is 11.5 Å². The number of carbonyl (C=O) groups excluding carboxylic acids is 2. The smallest absolute Gasteiger partial charge is 0.319 e. The second-order valence-corrected chi connectivity index (χ2v) is 7.35. The monoisotopic (exact) mass is 416 g/mol. The van der Waals surface area contributed by atoms with Gasteiger partial charge in [-0.25, -0.2) is 4.79 Å². The van der Waals surface area contributed by atoms with Gasteiger partial charge in [0.2, 0.25) is 0 Å². The van der Waals surface area contributed by atoms with Crippen LogP contribution in [0, 0.1) is 0 Å². The van der Waals surface area contributed by atoms with E-state index in [-0.39, 0.29) is 11.9 Å². The van der Waals surface area contributed by atoms with Gasteiger partial charge in [-0.3, -0.25) is 4.79 Å². The molecule has 3 amide bonds. The highest BCUT2D eigenvalue weighted by atomic mass is 16.5. The number of rotatable bonds is 6. The Morgan fingerprint density at radius 1 is 1.00 bits per heavy atom. The molecule has 0 aliphatic carbocycles. The Kier molecular flexibility index (Phi) is 6.14. The van der Waals surface area contributed by atoms with E-state index in [1.165, 1.54) is 11.1 Å². The Labute approximate surface area is 180 Å². The van der Waals surface area contributed by atoms with Gasteiger partial charge in [-0.1, -0.05) is 36.4 Å². The maximum absolute atomic E-state index is 12.3. The second-order valence-electron chi connectivity index (χ2n) is 7.35. The number of ether oxygens (including phenoxy) is 1. The third-order valence-corrected chi connectivity index (χ3v) is 5.20. The number of hydrogen-bond donors (Lipinski definition) is 4. The molecule has 0 fully saturated rings. The van der Waals surface area contributed by atoms with Crippen molar-refractivity contribution in [2.24, 2.45) is 5.73 Å². The zero-order valence-corrected chi connectivity index (χ0v) is 16.9. The normalized spacial score (nSPS) is 14.9. The van der Waals surface area contributed by atoms with E-state index >= 15 is 0 Å². The van der Waals surface area contributed by atoms with Gasteiger partial charge in [-0.15, -0.1) is 0 Å². The highest BCUT2D eigenvalue weighted by Gasteiger charge is 2.19. The molecule has 158 valence electrons. The number of hydrogen-bond acceptors (Lipinski definition) is 4. The molecule has 1 aliphatic heterocycles. The molecule has 0 saturated carbocycles. The zero-order valence-electron chi connectivity index (χ0n) is 16.9. The molecule has 0 aromatic heterocycles. The summed E-state index contributed by atoms with van der Waals surface area (Å²) in [5, 5.41) is 9.16. The number of carbonyl (C=O) groups is 2. The van der Waals surface area contributed by atoms with E-state index in [9.17, 15) is 9.59 Å². The minimum absolute atomic E-state index is 0.233. The molecular weight excluding hydrogens is 392 g/mol. The van der Waals surface area contributed by atoms with E-state index in [2.05, 4.69) is 28.1 Å². The summed E-state index contributed by atoms with van der Waals surface area (Å²) in [4.78, 5) is 23.9. The van der Waals surface area contributed by atoms with E-state index in [0.29, 0.717) is 29.3 Å². The number of nitrogens with two attached hydrogens (primary N) is 1. The number of nitrogens with one attached hydrogen (secondary N) is 3. The SMILES string of the molecule is NC(=O)c1ccccc1Oc1ccc(NC(=O)NCC2CNCc3ccccc32)cc1. The molecule has 3 aromatic carbocycles. The van der Waals surface area contributed by atoms with Crippen molar-refractivity contribution in [3.63, 3.8) is 0 Å². The van der Waals surface area contributed by atoms with Crippen molar-refractivity contribution in [2.45, 2.75) is 12.5 Å². The topological polar surface area (TPSA) is 105 Å². The lowest BCUT2D eigenvalue weighted by atomic mass is 9.91. The molecule has 0 saturated heterocycles. The highest BCUT2D eigenvalue weighted by molar-refractivity contribution is 5.95. The molecule has 7 heteroatoms. The number of para-hydroxylation sites is 1. The van der Waals surface area contributed by atoms with Gasteiger partial charge in [0.15, 0.2) is 0 Å². The maximum atomic E-state index is 12.3. The van der Waals surface area contributed by atoms with E-state index in [1.807, 2.05) is 12.1 Å². The van der Waals surface area contributed by atoms with Crippen LogP contribution in [0.25, 0.3) is 0 Å². The molecule has 5 N–H and O–H groups in total. The number of benzene rings is 3. The Morgan fingerprint density at radius 3 is 2.55 bits per heavy atom. The van der Waals surface area contributed by atoms with E-state index in [1.54, 1.807) is 48.5 Å². The minimum atomic E-state index is -0.554. The van der Waals surface area contributed by atoms with Gasteiger partial charge in [0.25, 0.3) is 5.91 Å². The predicted octanol–water partition coefficient (Wildman–Crippen LogP) is 3.59. The Hall–Kier alpha value is -3.84. The molecule has 0 radical (unpaired) electrons. The Bertz CT molecular complexity index is 1080. The maximum Gasteiger partial charge on any atom is 0.319 e. The molecule has 1 aliphatic rings. The van der Waals surface area contributed by atoms with E-state index in [0.717, 1.165) is 13.1 Å². The first-order valence-corrected chi connectivity index (χ1v) is 10.1. The molecule has 1 atom stereocenters. The van der Waals surface area contributed by atoms with Crippen LogP contribution in [-0.4, -0.2) is 25.0 Å². The summed E-state index contributed by atoms with van der Waals surface area (Å²) in [5.74, 6) is 0.595. The van der Waals surface area contributed by atoms with Crippen molar-refractivity contribution in [1.29, 1.82) is 0 Å². The fraction of sp³-hybridized carbons (Fsp3) is 0.167. The van der Waals surface area contributed by atoms with Crippen LogP contribution in [0.3, 0.4) is 0 Å². The number of urea groups is 1. The van der Waals surface area contributed by atoms with Gasteiger partial charge in [-0.2, -0.15) is 0 Å². The third kappa shape index (κ3) is 5.02. The van der Waals surface area contributed by atoms with Crippen LogP contribution in [0.4, 0.5) is 10.5 Å². The van der Waals surface area contributed by atoms with E-state index < -0.39 is 5.91 Å². The number of anilines is 1. The van der Waals surface area contributed by atoms with Gasteiger partial charge in [-0.05, 0) is 47.5 Å². The molecule has 3 aromatic rings. The van der Waals surface area contributed by atoms with Crippen molar-refractivity contribution in [3.8, 4) is 11.5 Å². The van der Waals surface area contributed by atoms with Gasteiger partial charge < -0.3 is 26.4 Å². The van der Waals surface area contributed by atoms with Crippen molar-refractivity contribution < 1.29 is 14.3 Å². The Morgan fingerprint density at radius 2 is 1.74 bits per heavy atom. The van der Waals surface area contributed by atoms with Crippen LogP contribution in [0.2, 0.25) is 0 Å². The van der Waals surface area contributed by atoms with Crippen LogP contribution >= 0.6 is 0 Å². The largest absolute Gasteiger partial charge is 0.457 e. The molecule has 1 unspecified atom stereocenters. The van der Waals surface area contributed by atoms with Crippen molar-refractivity contribution in [1.82, 2.24) is 10.6 Å². The first-order chi connectivity index (χ1) is 15.1. The average molecular weight is 416 g/mol. The summed E-state index contributed by atoms with van der Waals surface area (Å²) >= 11 is 0. The molecule has 7 nitrogen and oxygen atoms in total. The number of amides is 3. The quantitative estimate of drug-likeness (QED) is 0.493. The lowest BCUT2D eigenvalue weighted by molar-refractivity contribution is 0.0998. The third-order valence-electron chi connectivity index (χ3n) is 5.20. The fourth-order valence-electron chi connectivity index (χ4n) is 3.65. The number of primary amides is 1. The molecule has 4 rings (SSSR count). The average Bonchev–Trinajstić information content (AvgIpc) is 2.79. The van der Waals surface area contributed by atoms with Crippen molar-refractivity contribution >= 4 is 17.6 Å². The standard InChI is InChI=1S/C24H24N4O3/c25-23(29)21-7-3-4-8-22(21)31-19-11-9-18(10-12-19)28-24(30)27-15-17-14-26-13-16-5-1-2-6-20(16)17/h1-12,17,26H,13-15H2,(H2,25,29)(H2,27,28,30). The highest BCUT2D eigenvalue weighted by Crippen LogP contribution is 2.26. The molecule has 1 heterocycles. The lowest BCUT2D eigenvalue weighted by Gasteiger charge is -2.26. The van der Waals surface area contributed by atoms with Gasteiger partial charge >= 0.3 is 6.03 Å². The summed E-state index contributed by atoms with van der Waals surface area (Å²) < 4.78 is 5.75. The van der Waals surface area contributed by atoms with Crippen LogP contribution in [0.15, 0.2) is 72.8 Å². The molecule has 0 spiro atoms. The Balaban J connectivity index is 1.32. The summed E-state index contributed by atoms with van der Waals surface area (Å²) in [6, 6.07) is 21.7.